The fraction of sp³-hybridized carbons (Fsp3) is 0. The van der Waals surface area contributed by atoms with Crippen molar-refractivity contribution in [1.29, 1.82) is 0 Å². The average molecular weight is 175 g/mol. The molecule has 0 saturated heterocycles. The molecule has 0 rings (SSSR count). The van der Waals surface area contributed by atoms with Crippen LogP contribution in [0, 0.1) is 0 Å². The van der Waals surface area contributed by atoms with Gasteiger partial charge in [-0.3, -0.25) is 0 Å². The molecule has 0 fully saturated rings. The first kappa shape index (κ1) is 15.8. The van der Waals surface area contributed by atoms with Crippen LogP contribution in [-0.2, 0) is 15.1 Å². The van der Waals surface area contributed by atoms with E-state index in [0.717, 1.165) is 0 Å². The van der Waals surface area contributed by atoms with Gasteiger partial charge in [0.1, 0.15) is 0 Å². The Morgan fingerprint density at radius 1 is 0.833 bits per heavy atom. The van der Waals surface area contributed by atoms with Crippen molar-refractivity contribution in [2.75, 3.05) is 0 Å². The van der Waals surface area contributed by atoms with Gasteiger partial charge in [-0.25, -0.2) is 0 Å². The van der Waals surface area contributed by atoms with E-state index in [4.69, 9.17) is 0 Å². The molecule has 0 amide bonds. The van der Waals surface area contributed by atoms with Gasteiger partial charge in [0.25, 0.3) is 0 Å². The van der Waals surface area contributed by atoms with Crippen molar-refractivity contribution >= 4 is 63.2 Å². The second-order valence-corrected chi connectivity index (χ2v) is 0. The quantitative estimate of drug-likeness (QED) is 0.487. The fourth-order valence-electron chi connectivity index (χ4n) is 0. The molecule has 0 aromatic carbocycles. The predicted molar refractivity (Wildman–Crippen MR) is 29.1 cm³/mol. The van der Waals surface area contributed by atoms with E-state index in [0.29, 0.717) is 0 Å². The summed E-state index contributed by atoms with van der Waals surface area (Å²) in [6.45, 7) is 0. The van der Waals surface area contributed by atoms with Crippen LogP contribution in [-0.4, -0.2) is 33.5 Å². The molecule has 0 N–H and O–H groups in total. The molecule has 0 saturated carbocycles. The molecule has 0 aliphatic heterocycles. The Balaban J connectivity index is -0.0000000225. The van der Waals surface area contributed by atoms with E-state index in [1.807, 2.05) is 0 Å². The van der Waals surface area contributed by atoms with E-state index in [-0.39, 0.29) is 0 Å². The van der Waals surface area contributed by atoms with Crippen molar-refractivity contribution in [3.8, 4) is 0 Å². The van der Waals surface area contributed by atoms with Gasteiger partial charge >= 0.3 is 78.3 Å². The molecule has 0 aliphatic rings. The SMILES string of the molecule is [Cl][Mn].[Li][Cl].[Li][Cl]. The normalized spacial score (nSPS) is 3.33. The topological polar surface area (TPSA) is 0 Å². The van der Waals surface area contributed by atoms with Crippen molar-refractivity contribution in [1.82, 2.24) is 0 Å². The van der Waals surface area contributed by atoms with Crippen LogP contribution in [0.25, 0.3) is 0 Å². The van der Waals surface area contributed by atoms with Crippen LogP contribution in [0.3, 0.4) is 0 Å². The first-order valence-corrected chi connectivity index (χ1v) is 4.03. The predicted octanol–water partition coefficient (Wildman–Crippen LogP) is 1.30. The van der Waals surface area contributed by atoms with Crippen LogP contribution in [0.1, 0.15) is 0 Å². The van der Waals surface area contributed by atoms with Gasteiger partial charge in [0.2, 0.25) is 0 Å². The van der Waals surface area contributed by atoms with E-state index >= 15 is 0 Å². The summed E-state index contributed by atoms with van der Waals surface area (Å²) in [4.78, 5) is 0. The van der Waals surface area contributed by atoms with Gasteiger partial charge in [-0.2, -0.15) is 0 Å². The second kappa shape index (κ2) is 49.2. The van der Waals surface area contributed by atoms with Gasteiger partial charge < -0.3 is 0 Å². The Hall–Kier alpha value is 2.58. The summed E-state index contributed by atoms with van der Waals surface area (Å²) >= 11 is 5.35. The first-order chi connectivity index (χ1) is 3.00. The van der Waals surface area contributed by atoms with Crippen molar-refractivity contribution in [3.63, 3.8) is 0 Å². The van der Waals surface area contributed by atoms with Gasteiger partial charge in [-0.05, 0) is 0 Å². The number of rotatable bonds is 0. The summed E-state index contributed by atoms with van der Waals surface area (Å²) in [5.41, 5.74) is 0. The van der Waals surface area contributed by atoms with Crippen LogP contribution in [0.4, 0.5) is 0 Å². The monoisotopic (exact) mass is 174 g/mol. The maximum absolute atomic E-state index is 4.64. The zero-order chi connectivity index (χ0) is 6.00. The van der Waals surface area contributed by atoms with E-state index < -0.39 is 0 Å². The zero-order valence-corrected chi connectivity index (χ0v) is 6.96. The first-order valence-electron chi connectivity index (χ1n) is 0.899. The number of hydrogen-bond acceptors (Lipinski definition) is 0. The van der Waals surface area contributed by atoms with Crippen LogP contribution in [0.5, 0.6) is 0 Å². The van der Waals surface area contributed by atoms with Gasteiger partial charge in [0, 0.05) is 0 Å². The molecule has 30 valence electrons. The Morgan fingerprint density at radius 3 is 0.833 bits per heavy atom. The molecule has 0 nitrogen and oxygen atoms in total. The molecule has 0 aromatic rings. The summed E-state index contributed by atoms with van der Waals surface area (Å²) in [7, 11) is 13.7. The van der Waals surface area contributed by atoms with Crippen LogP contribution in [0.2, 0.25) is 0 Å². The summed E-state index contributed by atoms with van der Waals surface area (Å²) in [5.74, 6) is 0. The minimum atomic E-state index is 1.47. The molecular formula is Cl3Li2Mn. The summed E-state index contributed by atoms with van der Waals surface area (Å²) < 4.78 is 0. The van der Waals surface area contributed by atoms with E-state index in [1.54, 1.807) is 0 Å². The summed E-state index contributed by atoms with van der Waals surface area (Å²) in [6, 6.07) is 0. The Bertz CT molecular complexity index is 8.75. The number of hydrogen-bond donors (Lipinski definition) is 0. The van der Waals surface area contributed by atoms with Gasteiger partial charge in [-0.15, -0.1) is 0 Å². The van der Waals surface area contributed by atoms with E-state index in [9.17, 15) is 0 Å². The third-order valence-corrected chi connectivity index (χ3v) is 0. The van der Waals surface area contributed by atoms with Crippen molar-refractivity contribution < 1.29 is 15.1 Å². The molecule has 0 unspecified atom stereocenters. The van der Waals surface area contributed by atoms with Crippen molar-refractivity contribution in [3.05, 3.63) is 0 Å². The minimum absolute atomic E-state index is 1.47. The second-order valence-electron chi connectivity index (χ2n) is 0. The summed E-state index contributed by atoms with van der Waals surface area (Å²) in [5, 5.41) is 0. The van der Waals surface area contributed by atoms with E-state index in [2.05, 4.69) is 44.8 Å². The molecule has 0 aliphatic carbocycles. The molecule has 0 atom stereocenters. The molecule has 0 heterocycles. The average Bonchev–Trinajstić information content (AvgIpc) is 1.81. The third kappa shape index (κ3) is 30.7. The Kier molecular flexibility index (Phi) is 130. The number of halogens is 3. The Morgan fingerprint density at radius 2 is 0.833 bits per heavy atom. The fourth-order valence-corrected chi connectivity index (χ4v) is 0. The summed E-state index contributed by atoms with van der Waals surface area (Å²) in [6.07, 6.45) is 0. The molecule has 6 heavy (non-hydrogen) atoms. The molecular weight excluding hydrogens is 175 g/mol. The Labute approximate surface area is 77.3 Å². The zero-order valence-electron chi connectivity index (χ0n) is 3.51. The maximum atomic E-state index is 4.64. The van der Waals surface area contributed by atoms with E-state index in [1.165, 1.54) is 33.5 Å². The molecule has 6 heteroatoms. The molecule has 0 radical (unpaired) electrons. The van der Waals surface area contributed by atoms with Crippen LogP contribution < -0.4 is 0 Å². The van der Waals surface area contributed by atoms with Crippen molar-refractivity contribution in [2.24, 2.45) is 0 Å². The molecule has 0 spiro atoms. The van der Waals surface area contributed by atoms with Gasteiger partial charge in [0.05, 0.1) is 0 Å². The van der Waals surface area contributed by atoms with Crippen LogP contribution in [0.15, 0.2) is 0 Å². The third-order valence-electron chi connectivity index (χ3n) is 0. The van der Waals surface area contributed by atoms with Gasteiger partial charge in [0.15, 0.2) is 0 Å². The molecule has 0 aromatic heterocycles. The molecule has 0 bridgehead atoms. The standard InChI is InChI=1S/3ClH.2Li.Mn/h3*1H;;;/q;;;3*+1/p-3. The van der Waals surface area contributed by atoms with Crippen molar-refractivity contribution in [2.45, 2.75) is 0 Å². The van der Waals surface area contributed by atoms with Crippen LogP contribution >= 0.6 is 29.7 Å². The van der Waals surface area contributed by atoms with Gasteiger partial charge in [-0.1, -0.05) is 0 Å².